The molecule has 0 spiro atoms. The first kappa shape index (κ1) is 20.3. The zero-order valence-electron chi connectivity index (χ0n) is 16.3. The molecular formula is C23H20N2O3S2. The second-order valence-corrected chi connectivity index (χ2v) is 9.39. The van der Waals surface area contributed by atoms with Crippen LogP contribution in [0.3, 0.4) is 0 Å². The highest BCUT2D eigenvalue weighted by Gasteiger charge is 2.34. The van der Waals surface area contributed by atoms with Gasteiger partial charge in [0.05, 0.1) is 22.8 Å². The minimum absolute atomic E-state index is 0.149. The van der Waals surface area contributed by atoms with Crippen molar-refractivity contribution in [2.24, 2.45) is 0 Å². The van der Waals surface area contributed by atoms with E-state index in [0.717, 1.165) is 10.6 Å². The third-order valence-corrected chi connectivity index (χ3v) is 7.56. The van der Waals surface area contributed by atoms with Gasteiger partial charge in [0, 0.05) is 21.6 Å². The largest absolute Gasteiger partial charge is 0.321 e. The van der Waals surface area contributed by atoms with E-state index >= 15 is 0 Å². The smallest absolute Gasteiger partial charge is 0.265 e. The summed E-state index contributed by atoms with van der Waals surface area (Å²) < 4.78 is 27.5. The van der Waals surface area contributed by atoms with Crippen molar-refractivity contribution in [1.29, 1.82) is 0 Å². The van der Waals surface area contributed by atoms with Crippen LogP contribution in [0.4, 0.5) is 11.4 Å². The molecule has 3 aromatic rings. The minimum Gasteiger partial charge on any atom is -0.321 e. The monoisotopic (exact) mass is 436 g/mol. The molecule has 0 aromatic heterocycles. The fourth-order valence-corrected chi connectivity index (χ4v) is 5.75. The average molecular weight is 437 g/mol. The van der Waals surface area contributed by atoms with Crippen LogP contribution in [-0.4, -0.2) is 27.1 Å². The molecule has 3 aromatic carbocycles. The standard InChI is InChI=1S/C23H20N2O3S2/c1-3-14-25-20-13-12-16(23(26)24-19-9-5-6-10-21(19)29-2)15-18(20)17-8-4-7-11-22(17)30(25,27)28/h3-13,15H,1,14H2,2H3,(H,24,26). The van der Waals surface area contributed by atoms with Gasteiger partial charge in [0.1, 0.15) is 0 Å². The number of nitrogens with one attached hydrogen (secondary N) is 1. The van der Waals surface area contributed by atoms with E-state index in [-0.39, 0.29) is 17.3 Å². The number of nitrogens with zero attached hydrogens (tertiary/aromatic N) is 1. The molecule has 1 N–H and O–H groups in total. The molecule has 5 nitrogen and oxygen atoms in total. The second-order valence-electron chi connectivity index (χ2n) is 6.71. The SMILES string of the molecule is C=CCN1c2ccc(C(=O)Nc3ccccc3SC)cc2-c2ccccc2S1(=O)=O. The Morgan fingerprint density at radius 2 is 1.80 bits per heavy atom. The molecule has 0 fully saturated rings. The number of anilines is 2. The Morgan fingerprint density at radius 3 is 2.57 bits per heavy atom. The molecule has 30 heavy (non-hydrogen) atoms. The molecule has 1 heterocycles. The molecule has 1 amide bonds. The van der Waals surface area contributed by atoms with Crippen molar-refractivity contribution in [3.8, 4) is 11.1 Å². The maximum Gasteiger partial charge on any atom is 0.265 e. The van der Waals surface area contributed by atoms with Gasteiger partial charge in [-0.15, -0.1) is 18.3 Å². The molecular weight excluding hydrogens is 416 g/mol. The number of hydrogen-bond donors (Lipinski definition) is 1. The lowest BCUT2D eigenvalue weighted by Crippen LogP contribution is -2.34. The van der Waals surface area contributed by atoms with E-state index < -0.39 is 10.0 Å². The van der Waals surface area contributed by atoms with E-state index in [2.05, 4.69) is 11.9 Å². The number of hydrogen-bond acceptors (Lipinski definition) is 4. The molecule has 0 bridgehead atoms. The molecule has 0 radical (unpaired) electrons. The summed E-state index contributed by atoms with van der Waals surface area (Å²) in [6, 6.07) is 19.5. The van der Waals surface area contributed by atoms with Crippen LogP contribution in [0.15, 0.2) is 89.2 Å². The van der Waals surface area contributed by atoms with Crippen molar-refractivity contribution in [2.45, 2.75) is 9.79 Å². The number of thioether (sulfide) groups is 1. The Hall–Kier alpha value is -3.03. The number of sulfonamides is 1. The Balaban J connectivity index is 1.79. The van der Waals surface area contributed by atoms with E-state index in [1.54, 1.807) is 60.3 Å². The third-order valence-electron chi connectivity index (χ3n) is 4.92. The molecule has 7 heteroatoms. The Labute approximate surface area is 180 Å². The normalized spacial score (nSPS) is 13.8. The molecule has 1 aliphatic heterocycles. The zero-order chi connectivity index (χ0) is 21.3. The van der Waals surface area contributed by atoms with E-state index in [1.807, 2.05) is 30.5 Å². The van der Waals surface area contributed by atoms with Crippen LogP contribution in [0, 0.1) is 0 Å². The van der Waals surface area contributed by atoms with Crippen molar-refractivity contribution in [2.75, 3.05) is 22.4 Å². The lowest BCUT2D eigenvalue weighted by Gasteiger charge is -2.31. The van der Waals surface area contributed by atoms with Gasteiger partial charge in [-0.05, 0) is 42.7 Å². The van der Waals surface area contributed by atoms with Gasteiger partial charge >= 0.3 is 0 Å². The van der Waals surface area contributed by atoms with Crippen molar-refractivity contribution in [1.82, 2.24) is 0 Å². The number of carbonyl (C=O) groups excluding carboxylic acids is 1. The highest BCUT2D eigenvalue weighted by atomic mass is 32.2. The molecule has 0 saturated heterocycles. The number of amides is 1. The number of carbonyl (C=O) groups is 1. The van der Waals surface area contributed by atoms with Crippen LogP contribution >= 0.6 is 11.8 Å². The van der Waals surface area contributed by atoms with Crippen molar-refractivity contribution in [3.63, 3.8) is 0 Å². The lowest BCUT2D eigenvalue weighted by molar-refractivity contribution is 0.102. The van der Waals surface area contributed by atoms with Crippen LogP contribution in [0.1, 0.15) is 10.4 Å². The molecule has 0 aliphatic carbocycles. The molecule has 0 unspecified atom stereocenters. The maximum atomic E-state index is 13.1. The number of benzene rings is 3. The van der Waals surface area contributed by atoms with Gasteiger partial charge in [-0.25, -0.2) is 8.42 Å². The molecule has 1 aliphatic rings. The molecule has 4 rings (SSSR count). The fourth-order valence-electron chi connectivity index (χ4n) is 3.53. The summed E-state index contributed by atoms with van der Waals surface area (Å²) in [5.74, 6) is -0.250. The van der Waals surface area contributed by atoms with Crippen LogP contribution in [0.2, 0.25) is 0 Å². The van der Waals surface area contributed by atoms with Gasteiger partial charge in [-0.3, -0.25) is 9.10 Å². The third kappa shape index (κ3) is 3.40. The first-order valence-corrected chi connectivity index (χ1v) is 12.0. The van der Waals surface area contributed by atoms with Gasteiger partial charge in [-0.2, -0.15) is 0 Å². The van der Waals surface area contributed by atoms with Gasteiger partial charge in [0.2, 0.25) is 0 Å². The predicted octanol–water partition coefficient (Wildman–Crippen LogP) is 5.02. The lowest BCUT2D eigenvalue weighted by atomic mass is 10.00. The Kier molecular flexibility index (Phi) is 5.40. The van der Waals surface area contributed by atoms with Crippen LogP contribution in [0.5, 0.6) is 0 Å². The zero-order valence-corrected chi connectivity index (χ0v) is 18.0. The second kappa shape index (κ2) is 8.01. The van der Waals surface area contributed by atoms with Gasteiger partial charge in [-0.1, -0.05) is 36.4 Å². The van der Waals surface area contributed by atoms with Gasteiger partial charge in [0.15, 0.2) is 0 Å². The summed E-state index contributed by atoms with van der Waals surface area (Å²) in [7, 11) is -3.69. The first-order valence-electron chi connectivity index (χ1n) is 9.29. The minimum atomic E-state index is -3.69. The number of rotatable bonds is 5. The van der Waals surface area contributed by atoms with Gasteiger partial charge in [0.25, 0.3) is 15.9 Å². The summed E-state index contributed by atoms with van der Waals surface area (Å²) in [5, 5.41) is 2.95. The Bertz CT molecular complexity index is 1250. The summed E-state index contributed by atoms with van der Waals surface area (Å²) in [4.78, 5) is 14.1. The van der Waals surface area contributed by atoms with Gasteiger partial charge < -0.3 is 5.32 Å². The van der Waals surface area contributed by atoms with E-state index in [1.165, 1.54) is 4.31 Å². The molecule has 0 saturated carbocycles. The molecule has 0 atom stereocenters. The van der Waals surface area contributed by atoms with Crippen molar-refractivity contribution >= 4 is 39.1 Å². The summed E-state index contributed by atoms with van der Waals surface area (Å²) in [6.45, 7) is 3.84. The van der Waals surface area contributed by atoms with E-state index in [0.29, 0.717) is 22.4 Å². The van der Waals surface area contributed by atoms with Crippen molar-refractivity contribution in [3.05, 3.63) is 84.9 Å². The topological polar surface area (TPSA) is 66.5 Å². The Morgan fingerprint density at radius 1 is 1.07 bits per heavy atom. The quantitative estimate of drug-likeness (QED) is 0.450. The average Bonchev–Trinajstić information content (AvgIpc) is 2.77. The summed E-state index contributed by atoms with van der Waals surface area (Å²) in [6.07, 6.45) is 3.50. The maximum absolute atomic E-state index is 13.1. The summed E-state index contributed by atoms with van der Waals surface area (Å²) >= 11 is 1.55. The molecule has 152 valence electrons. The first-order chi connectivity index (χ1) is 14.5. The van der Waals surface area contributed by atoms with E-state index in [4.69, 9.17) is 0 Å². The highest BCUT2D eigenvalue weighted by Crippen LogP contribution is 2.43. The van der Waals surface area contributed by atoms with Crippen LogP contribution in [0.25, 0.3) is 11.1 Å². The van der Waals surface area contributed by atoms with E-state index in [9.17, 15) is 13.2 Å². The van der Waals surface area contributed by atoms with Crippen molar-refractivity contribution < 1.29 is 13.2 Å². The summed E-state index contributed by atoms with van der Waals surface area (Å²) in [5.41, 5.74) is 3.02. The van der Waals surface area contributed by atoms with Crippen LogP contribution in [-0.2, 0) is 10.0 Å². The number of para-hydroxylation sites is 1. The highest BCUT2D eigenvalue weighted by molar-refractivity contribution is 7.98. The number of fused-ring (bicyclic) bond motifs is 3. The fraction of sp³-hybridized carbons (Fsp3) is 0.0870. The van der Waals surface area contributed by atoms with Crippen LogP contribution < -0.4 is 9.62 Å². The predicted molar refractivity (Wildman–Crippen MR) is 123 cm³/mol.